The van der Waals surface area contributed by atoms with Gasteiger partial charge in [0.25, 0.3) is 9.03 Å². The van der Waals surface area contributed by atoms with Crippen LogP contribution in [0.1, 0.15) is 95.6 Å². The summed E-state index contributed by atoms with van der Waals surface area (Å²) in [6, 6.07) is 8.41. The van der Waals surface area contributed by atoms with E-state index in [4.69, 9.17) is 9.05 Å². The van der Waals surface area contributed by atoms with Crippen molar-refractivity contribution in [3.05, 3.63) is 58.4 Å². The summed E-state index contributed by atoms with van der Waals surface area (Å²) in [7, 11) is -0.0732. The van der Waals surface area contributed by atoms with Gasteiger partial charge in [0.05, 0.1) is 0 Å². The Morgan fingerprint density at radius 3 is 1.76 bits per heavy atom. The molecule has 0 spiro atoms. The van der Waals surface area contributed by atoms with Crippen LogP contribution in [-0.2, 0) is 4.52 Å². The molecule has 1 atom stereocenters. The zero-order valence-corrected chi connectivity index (χ0v) is 24.2. The second-order valence-electron chi connectivity index (χ2n) is 13.8. The van der Waals surface area contributed by atoms with Crippen LogP contribution in [0.4, 0.5) is 0 Å². The lowest BCUT2D eigenvalue weighted by Gasteiger charge is -2.62. The van der Waals surface area contributed by atoms with Crippen molar-refractivity contribution in [2.45, 2.75) is 90.0 Å². The number of allylic oxidation sites excluding steroid dienone is 5. The molecule has 0 saturated heterocycles. The Labute approximate surface area is 204 Å². The minimum atomic E-state index is -0.260. The quantitative estimate of drug-likeness (QED) is 0.353. The SMILES string of the molecule is C/C1=C2/C(=CC(C(C)(C)C)=C(C(C)(C)C)C2(C(C)(C)C)C(C)(C)C)OPOc2ccccc21. The van der Waals surface area contributed by atoms with E-state index in [1.165, 1.54) is 27.9 Å². The average molecular weight is 469 g/mol. The smallest absolute Gasteiger partial charge is 0.275 e. The summed E-state index contributed by atoms with van der Waals surface area (Å²) in [6.07, 6.45) is 2.33. The van der Waals surface area contributed by atoms with Gasteiger partial charge in [0.2, 0.25) is 0 Å². The van der Waals surface area contributed by atoms with Gasteiger partial charge in [0.1, 0.15) is 11.5 Å². The number of fused-ring (bicyclic) bond motifs is 2. The van der Waals surface area contributed by atoms with E-state index < -0.39 is 0 Å². The molecule has 0 saturated carbocycles. The van der Waals surface area contributed by atoms with E-state index in [0.29, 0.717) is 0 Å². The van der Waals surface area contributed by atoms with Crippen molar-refractivity contribution >= 4 is 14.6 Å². The number of rotatable bonds is 0. The largest absolute Gasteiger partial charge is 0.440 e. The summed E-state index contributed by atoms with van der Waals surface area (Å²) in [5.74, 6) is 1.88. The van der Waals surface area contributed by atoms with Crippen molar-refractivity contribution in [1.29, 1.82) is 0 Å². The van der Waals surface area contributed by atoms with Crippen LogP contribution in [0, 0.1) is 27.1 Å². The molecule has 0 aromatic heterocycles. The zero-order valence-electron chi connectivity index (χ0n) is 23.2. The van der Waals surface area contributed by atoms with E-state index in [0.717, 1.165) is 11.5 Å². The highest BCUT2D eigenvalue weighted by atomic mass is 31.1. The predicted molar refractivity (Wildman–Crippen MR) is 144 cm³/mol. The fourth-order valence-electron chi connectivity index (χ4n) is 6.63. The maximum Gasteiger partial charge on any atom is 0.275 e. The zero-order chi connectivity index (χ0) is 25.2. The molecule has 0 amide bonds. The van der Waals surface area contributed by atoms with Gasteiger partial charge in [0.15, 0.2) is 0 Å². The van der Waals surface area contributed by atoms with Gasteiger partial charge in [-0.05, 0) is 57.4 Å². The van der Waals surface area contributed by atoms with Crippen molar-refractivity contribution in [2.24, 2.45) is 27.1 Å². The first-order valence-corrected chi connectivity index (χ1v) is 13.0. The van der Waals surface area contributed by atoms with Crippen LogP contribution in [0.25, 0.3) is 5.57 Å². The summed E-state index contributed by atoms with van der Waals surface area (Å²) in [5.41, 5.74) is 6.22. The molecule has 1 unspecified atom stereocenters. The third-order valence-corrected chi connectivity index (χ3v) is 7.92. The van der Waals surface area contributed by atoms with Crippen LogP contribution < -0.4 is 4.52 Å². The summed E-state index contributed by atoms with van der Waals surface area (Å²) < 4.78 is 12.6. The minimum Gasteiger partial charge on any atom is -0.440 e. The Kier molecular flexibility index (Phi) is 6.33. The fraction of sp³-hybridized carbons (Fsp3) is 0.600. The molecule has 2 aliphatic rings. The minimum absolute atomic E-state index is 0.0234. The molecule has 1 aromatic rings. The van der Waals surface area contributed by atoms with Crippen molar-refractivity contribution in [3.8, 4) is 5.75 Å². The Hall–Kier alpha value is -1.53. The summed E-state index contributed by atoms with van der Waals surface area (Å²) in [6.45, 7) is 30.9. The highest BCUT2D eigenvalue weighted by Gasteiger charge is 2.61. The molecule has 1 heterocycles. The summed E-state index contributed by atoms with van der Waals surface area (Å²) >= 11 is 0. The van der Waals surface area contributed by atoms with E-state index in [2.05, 4.69) is 114 Å². The Morgan fingerprint density at radius 2 is 1.27 bits per heavy atom. The van der Waals surface area contributed by atoms with Crippen LogP contribution in [0.5, 0.6) is 5.75 Å². The van der Waals surface area contributed by atoms with Gasteiger partial charge in [-0.2, -0.15) is 0 Å². The first-order valence-electron chi connectivity index (χ1n) is 12.2. The Morgan fingerprint density at radius 1 is 0.727 bits per heavy atom. The standard InChI is InChI=1S/C30H45O2P/c1-19-20-16-14-15-17-22(20)31-33-32-23-18-21(26(2,3)4)25(27(5,6)7)30(24(19)23,28(8,9)10)29(11,12)13/h14-18,33H,1-13H3/b24-19+. The first kappa shape index (κ1) is 26.1. The molecular formula is C30H45O2P. The topological polar surface area (TPSA) is 18.5 Å². The van der Waals surface area contributed by atoms with E-state index in [1.54, 1.807) is 0 Å². The van der Waals surface area contributed by atoms with Crippen LogP contribution in [-0.4, -0.2) is 0 Å². The van der Waals surface area contributed by atoms with Gasteiger partial charge < -0.3 is 9.05 Å². The van der Waals surface area contributed by atoms with Crippen LogP contribution in [0.15, 0.2) is 52.8 Å². The van der Waals surface area contributed by atoms with Crippen molar-refractivity contribution < 1.29 is 9.05 Å². The Balaban J connectivity index is 2.68. The van der Waals surface area contributed by atoms with Gasteiger partial charge in [0, 0.05) is 16.6 Å². The van der Waals surface area contributed by atoms with Gasteiger partial charge in [-0.25, -0.2) is 0 Å². The molecule has 182 valence electrons. The summed E-state index contributed by atoms with van der Waals surface area (Å²) in [4.78, 5) is 0. The molecule has 2 nitrogen and oxygen atoms in total. The van der Waals surface area contributed by atoms with E-state index in [1.807, 2.05) is 6.07 Å². The lowest BCUT2D eigenvalue weighted by atomic mass is 9.41. The number of hydrogen-bond donors (Lipinski definition) is 0. The van der Waals surface area contributed by atoms with Gasteiger partial charge in [-0.1, -0.05) is 101 Å². The molecule has 1 aliphatic heterocycles. The van der Waals surface area contributed by atoms with Gasteiger partial charge >= 0.3 is 0 Å². The van der Waals surface area contributed by atoms with E-state index in [9.17, 15) is 0 Å². The number of benzene rings is 1. The Bertz CT molecular complexity index is 1010. The van der Waals surface area contributed by atoms with Crippen LogP contribution in [0.2, 0.25) is 0 Å². The lowest BCUT2D eigenvalue weighted by Crippen LogP contribution is -2.54. The van der Waals surface area contributed by atoms with E-state index in [-0.39, 0.29) is 36.1 Å². The van der Waals surface area contributed by atoms with Gasteiger partial charge in [-0.15, -0.1) is 0 Å². The second-order valence-corrected chi connectivity index (χ2v) is 14.4. The highest BCUT2D eigenvalue weighted by molar-refractivity contribution is 7.26. The molecule has 1 aromatic carbocycles. The van der Waals surface area contributed by atoms with Crippen molar-refractivity contribution in [3.63, 3.8) is 0 Å². The normalized spacial score (nSPS) is 22.5. The lowest BCUT2D eigenvalue weighted by molar-refractivity contribution is 0.0194. The third-order valence-electron chi connectivity index (χ3n) is 7.32. The highest BCUT2D eigenvalue weighted by Crippen LogP contribution is 2.70. The van der Waals surface area contributed by atoms with Crippen molar-refractivity contribution in [1.82, 2.24) is 0 Å². The molecule has 0 bridgehead atoms. The molecule has 0 N–H and O–H groups in total. The van der Waals surface area contributed by atoms with Gasteiger partial charge in [-0.3, -0.25) is 0 Å². The molecule has 1 aliphatic carbocycles. The molecule has 33 heavy (non-hydrogen) atoms. The van der Waals surface area contributed by atoms with Crippen molar-refractivity contribution in [2.75, 3.05) is 0 Å². The third kappa shape index (κ3) is 4.12. The number of para-hydroxylation sites is 1. The maximum atomic E-state index is 6.52. The average Bonchev–Trinajstić information content (AvgIpc) is 2.62. The monoisotopic (exact) mass is 468 g/mol. The fourth-order valence-corrected chi connectivity index (χ4v) is 7.19. The van der Waals surface area contributed by atoms with Crippen LogP contribution in [0.3, 0.4) is 0 Å². The molecule has 3 heteroatoms. The molecule has 3 rings (SSSR count). The molecular weight excluding hydrogens is 423 g/mol. The molecule has 0 radical (unpaired) electrons. The summed E-state index contributed by atoms with van der Waals surface area (Å²) in [5, 5.41) is 0. The van der Waals surface area contributed by atoms with Crippen LogP contribution >= 0.6 is 9.03 Å². The maximum absolute atomic E-state index is 6.52. The molecule has 0 fully saturated rings. The van der Waals surface area contributed by atoms with E-state index >= 15 is 0 Å². The number of hydrogen-bond acceptors (Lipinski definition) is 2. The first-order chi connectivity index (χ1) is 14.8. The predicted octanol–water partition coefficient (Wildman–Crippen LogP) is 9.74. The second kappa shape index (κ2) is 8.01.